The highest BCUT2D eigenvalue weighted by Gasteiger charge is 2.38. The van der Waals surface area contributed by atoms with Gasteiger partial charge < -0.3 is 4.57 Å². The number of hydrogen-bond donors (Lipinski definition) is 0. The maximum atomic E-state index is 7.72. The lowest BCUT2D eigenvalue weighted by molar-refractivity contribution is 1.16. The Kier molecular flexibility index (Phi) is 2.72. The topological polar surface area (TPSA) is 9.29 Å². The zero-order valence-electron chi connectivity index (χ0n) is 15.7. The van der Waals surface area contributed by atoms with Crippen LogP contribution in [-0.2, 0) is 6.42 Å². The molecule has 0 bridgehead atoms. The zero-order chi connectivity index (χ0) is 19.1. The summed E-state index contributed by atoms with van der Waals surface area (Å²) >= 11 is 0. The lowest BCUT2D eigenvalue weighted by Crippen LogP contribution is -2.60. The van der Waals surface area contributed by atoms with Crippen LogP contribution in [-0.4, -0.2) is 11.3 Å². The van der Waals surface area contributed by atoms with Gasteiger partial charge in [0.2, 0.25) is 6.71 Å². The standard InChI is InChI=1S/C26H15BN2/c1-28-21-10-6-12-23-24(21)18-14-13-17-15-16-7-2-3-8-19(16)27-20-9-4-5-11-22(20)29(23)26(18)25(17)27/h2-14H,15H2. The Morgan fingerprint density at radius 2 is 1.62 bits per heavy atom. The number of nitrogens with zero attached hydrogens (tertiary/aromatic N) is 2. The average molecular weight is 366 g/mol. The SMILES string of the molecule is [C-]#[N+]c1cccc2c1c1ccc3c4c1n2-c1ccccc1B4c1ccccc1C3. The lowest BCUT2D eigenvalue weighted by atomic mass is 9.32. The van der Waals surface area contributed by atoms with Gasteiger partial charge in [-0.3, -0.25) is 0 Å². The summed E-state index contributed by atoms with van der Waals surface area (Å²) in [4.78, 5) is 3.85. The highest BCUT2D eigenvalue weighted by molar-refractivity contribution is 6.98. The van der Waals surface area contributed by atoms with E-state index in [2.05, 4.69) is 76.1 Å². The smallest absolute Gasteiger partial charge is 0.247 e. The predicted molar refractivity (Wildman–Crippen MR) is 121 cm³/mol. The first-order valence-corrected chi connectivity index (χ1v) is 10.0. The van der Waals surface area contributed by atoms with E-state index < -0.39 is 0 Å². The third kappa shape index (κ3) is 1.73. The van der Waals surface area contributed by atoms with Crippen LogP contribution in [0.3, 0.4) is 0 Å². The van der Waals surface area contributed by atoms with Crippen molar-refractivity contribution in [3.8, 4) is 5.69 Å². The first kappa shape index (κ1) is 15.2. The molecule has 3 heterocycles. The van der Waals surface area contributed by atoms with E-state index in [0.717, 1.165) is 23.0 Å². The quantitative estimate of drug-likeness (QED) is 0.283. The Labute approximate surface area is 168 Å². The Hall–Kier alpha value is -3.77. The number of aromatic nitrogens is 1. The second kappa shape index (κ2) is 5.18. The normalized spacial score (nSPS) is 13.3. The molecule has 0 saturated carbocycles. The predicted octanol–water partition coefficient (Wildman–Crippen LogP) is 4.07. The van der Waals surface area contributed by atoms with Crippen LogP contribution in [0.5, 0.6) is 0 Å². The summed E-state index contributed by atoms with van der Waals surface area (Å²) < 4.78 is 2.40. The van der Waals surface area contributed by atoms with Crippen molar-refractivity contribution < 1.29 is 0 Å². The molecule has 5 aromatic rings. The molecule has 132 valence electrons. The van der Waals surface area contributed by atoms with Crippen molar-refractivity contribution in [1.29, 1.82) is 0 Å². The third-order valence-corrected chi connectivity index (χ3v) is 6.71. The van der Waals surface area contributed by atoms with E-state index >= 15 is 0 Å². The minimum Gasteiger partial charge on any atom is -0.312 e. The molecule has 2 aliphatic heterocycles. The molecule has 2 nitrogen and oxygen atoms in total. The molecule has 4 aromatic carbocycles. The van der Waals surface area contributed by atoms with Gasteiger partial charge in [0.15, 0.2) is 5.69 Å². The van der Waals surface area contributed by atoms with Crippen molar-refractivity contribution in [3.05, 3.63) is 101 Å². The number of para-hydroxylation sites is 1. The van der Waals surface area contributed by atoms with E-state index in [1.807, 2.05) is 12.1 Å². The summed E-state index contributed by atoms with van der Waals surface area (Å²) in [6, 6.07) is 28.3. The summed E-state index contributed by atoms with van der Waals surface area (Å²) in [5.74, 6) is 0. The third-order valence-electron chi connectivity index (χ3n) is 6.71. The lowest BCUT2D eigenvalue weighted by Gasteiger charge is -2.33. The molecule has 0 fully saturated rings. The summed E-state index contributed by atoms with van der Waals surface area (Å²) in [6.07, 6.45) is 0.970. The summed E-state index contributed by atoms with van der Waals surface area (Å²) in [5.41, 5.74) is 11.4. The molecule has 0 spiro atoms. The average Bonchev–Trinajstić information content (AvgIpc) is 3.13. The van der Waals surface area contributed by atoms with Gasteiger partial charge in [-0.1, -0.05) is 72.2 Å². The van der Waals surface area contributed by atoms with Gasteiger partial charge in [-0.25, -0.2) is 4.85 Å². The van der Waals surface area contributed by atoms with Crippen LogP contribution in [0.1, 0.15) is 11.1 Å². The fourth-order valence-electron chi connectivity index (χ4n) is 5.62. The van der Waals surface area contributed by atoms with Gasteiger partial charge >= 0.3 is 0 Å². The molecule has 1 aromatic heterocycles. The largest absolute Gasteiger partial charge is 0.312 e. The van der Waals surface area contributed by atoms with E-state index in [1.54, 1.807) is 0 Å². The van der Waals surface area contributed by atoms with E-state index in [0.29, 0.717) is 0 Å². The Morgan fingerprint density at radius 3 is 2.52 bits per heavy atom. The number of rotatable bonds is 0. The maximum absolute atomic E-state index is 7.72. The zero-order valence-corrected chi connectivity index (χ0v) is 15.7. The van der Waals surface area contributed by atoms with Crippen molar-refractivity contribution in [2.45, 2.75) is 6.42 Å². The van der Waals surface area contributed by atoms with Crippen LogP contribution in [0.15, 0.2) is 78.9 Å². The Balaban J connectivity index is 1.77. The van der Waals surface area contributed by atoms with Crippen molar-refractivity contribution in [2.24, 2.45) is 0 Å². The van der Waals surface area contributed by atoms with E-state index in [1.165, 1.54) is 44.1 Å². The summed E-state index contributed by atoms with van der Waals surface area (Å²) in [5, 5.41) is 2.28. The molecule has 0 radical (unpaired) electrons. The minimum atomic E-state index is 0.253. The van der Waals surface area contributed by atoms with Crippen LogP contribution >= 0.6 is 0 Å². The van der Waals surface area contributed by atoms with Gasteiger partial charge in [-0.2, -0.15) is 0 Å². The number of hydrogen-bond acceptors (Lipinski definition) is 0. The van der Waals surface area contributed by atoms with Gasteiger partial charge in [0, 0.05) is 22.1 Å². The second-order valence-corrected chi connectivity index (χ2v) is 8.02. The molecular weight excluding hydrogens is 351 g/mol. The molecule has 0 aliphatic carbocycles. The van der Waals surface area contributed by atoms with Gasteiger partial charge in [-0.05, 0) is 46.0 Å². The second-order valence-electron chi connectivity index (χ2n) is 8.02. The molecule has 29 heavy (non-hydrogen) atoms. The van der Waals surface area contributed by atoms with Crippen LogP contribution < -0.4 is 16.4 Å². The molecule has 0 N–H and O–H groups in total. The molecule has 0 saturated heterocycles. The van der Waals surface area contributed by atoms with E-state index in [9.17, 15) is 0 Å². The first-order valence-electron chi connectivity index (χ1n) is 10.0. The Bertz CT molecular complexity index is 1550. The Morgan fingerprint density at radius 1 is 0.793 bits per heavy atom. The molecular formula is C26H15BN2. The first-order chi connectivity index (χ1) is 14.4. The number of fused-ring (bicyclic) bond motifs is 8. The summed E-state index contributed by atoms with van der Waals surface area (Å²) in [6.45, 7) is 7.98. The molecule has 7 rings (SSSR count). The fourth-order valence-corrected chi connectivity index (χ4v) is 5.62. The van der Waals surface area contributed by atoms with Crippen molar-refractivity contribution >= 4 is 50.6 Å². The van der Waals surface area contributed by atoms with Crippen molar-refractivity contribution in [3.63, 3.8) is 0 Å². The van der Waals surface area contributed by atoms with Gasteiger partial charge in [0.1, 0.15) is 0 Å². The minimum absolute atomic E-state index is 0.253. The van der Waals surface area contributed by atoms with Crippen molar-refractivity contribution in [1.82, 2.24) is 4.57 Å². The highest BCUT2D eigenvalue weighted by Crippen LogP contribution is 2.39. The molecule has 3 heteroatoms. The van der Waals surface area contributed by atoms with Gasteiger partial charge in [0.25, 0.3) is 0 Å². The van der Waals surface area contributed by atoms with Crippen LogP contribution in [0.4, 0.5) is 5.69 Å². The monoisotopic (exact) mass is 366 g/mol. The number of benzene rings is 4. The van der Waals surface area contributed by atoms with E-state index in [4.69, 9.17) is 6.57 Å². The molecule has 0 amide bonds. The molecule has 0 unspecified atom stereocenters. The van der Waals surface area contributed by atoms with Gasteiger partial charge in [0.05, 0.1) is 6.57 Å². The summed E-state index contributed by atoms with van der Waals surface area (Å²) in [7, 11) is 0. The molecule has 0 atom stereocenters. The van der Waals surface area contributed by atoms with Gasteiger partial charge in [-0.15, -0.1) is 0 Å². The maximum Gasteiger partial charge on any atom is 0.247 e. The molecule has 2 aliphatic rings. The van der Waals surface area contributed by atoms with Crippen molar-refractivity contribution in [2.75, 3.05) is 0 Å². The van der Waals surface area contributed by atoms with Crippen LogP contribution in [0, 0.1) is 6.57 Å². The van der Waals surface area contributed by atoms with E-state index in [-0.39, 0.29) is 6.71 Å². The fraction of sp³-hybridized carbons (Fsp3) is 0.0385. The van der Waals surface area contributed by atoms with Crippen LogP contribution in [0.25, 0.3) is 32.3 Å². The van der Waals surface area contributed by atoms with Crippen LogP contribution in [0.2, 0.25) is 0 Å². The highest BCUT2D eigenvalue weighted by atomic mass is 15.0.